The minimum absolute atomic E-state index is 0.122. The Morgan fingerprint density at radius 3 is 2.52 bits per heavy atom. The molecule has 180 valence electrons. The van der Waals surface area contributed by atoms with E-state index in [0.717, 1.165) is 17.7 Å². The molecule has 1 aromatic heterocycles. The van der Waals surface area contributed by atoms with Gasteiger partial charge in [0.15, 0.2) is 0 Å². The lowest BCUT2D eigenvalue weighted by Crippen LogP contribution is -2.34. The molecule has 2 atom stereocenters. The first-order valence-electron chi connectivity index (χ1n) is 10.6. The van der Waals surface area contributed by atoms with Gasteiger partial charge in [0, 0.05) is 38.6 Å². The molecule has 0 amide bonds. The Morgan fingerprint density at radius 1 is 1.24 bits per heavy atom. The molecule has 4 rings (SSSR count). The van der Waals surface area contributed by atoms with Gasteiger partial charge in [-0.2, -0.15) is 4.31 Å². The van der Waals surface area contributed by atoms with Gasteiger partial charge in [0.25, 0.3) is 0 Å². The zero-order valence-electron chi connectivity index (χ0n) is 17.8. The molecule has 2 unspecified atom stereocenters. The topological polar surface area (TPSA) is 93.0 Å². The van der Waals surface area contributed by atoms with Crippen molar-refractivity contribution in [2.45, 2.75) is 36.7 Å². The molecule has 0 bridgehead atoms. The van der Waals surface area contributed by atoms with Crippen LogP contribution in [0.5, 0.6) is 5.75 Å². The van der Waals surface area contributed by atoms with Gasteiger partial charge in [-0.15, -0.1) is 13.2 Å². The highest BCUT2D eigenvalue weighted by atomic mass is 32.3. The second kappa shape index (κ2) is 10.00. The molecular weight excluding hydrogens is 459 g/mol. The summed E-state index contributed by atoms with van der Waals surface area (Å²) in [6.07, 6.45) is 0.308. The van der Waals surface area contributed by atoms with Gasteiger partial charge in [-0.1, -0.05) is 11.6 Å². The van der Waals surface area contributed by atoms with Crippen LogP contribution in [-0.4, -0.2) is 57.1 Å². The van der Waals surface area contributed by atoms with Crippen LogP contribution in [-0.2, 0) is 11.3 Å². The van der Waals surface area contributed by atoms with E-state index in [-0.39, 0.29) is 16.7 Å². The van der Waals surface area contributed by atoms with Crippen LogP contribution in [0.25, 0.3) is 0 Å². The second-order valence-corrected chi connectivity index (χ2v) is 10.00. The number of hydrogen-bond acceptors (Lipinski definition) is 6. The second-order valence-electron chi connectivity index (χ2n) is 7.91. The number of epoxide rings is 1. The van der Waals surface area contributed by atoms with E-state index in [1.807, 2.05) is 18.3 Å². The lowest BCUT2D eigenvalue weighted by atomic mass is 9.97. The number of pyridine rings is 1. The summed E-state index contributed by atoms with van der Waals surface area (Å²) in [7, 11) is -3.06. The molecule has 3 heterocycles. The van der Waals surface area contributed by atoms with Crippen molar-refractivity contribution in [1.82, 2.24) is 14.6 Å². The molecule has 0 saturated carbocycles. The summed E-state index contributed by atoms with van der Waals surface area (Å²) in [4.78, 5) is 4.39. The third-order valence-corrected chi connectivity index (χ3v) is 7.67. The number of alkyl halides is 3. The van der Waals surface area contributed by atoms with Crippen molar-refractivity contribution < 1.29 is 31.8 Å². The summed E-state index contributed by atoms with van der Waals surface area (Å²) in [5.41, 5.74) is 3.61. The molecule has 33 heavy (non-hydrogen) atoms. The van der Waals surface area contributed by atoms with Crippen LogP contribution in [0.3, 0.4) is 0 Å². The maximum absolute atomic E-state index is 12.4. The van der Waals surface area contributed by atoms with Crippen LogP contribution in [0.2, 0.25) is 0 Å². The third-order valence-electron chi connectivity index (χ3n) is 5.63. The first-order valence-corrected chi connectivity index (χ1v) is 12.1. The fourth-order valence-electron chi connectivity index (χ4n) is 3.88. The summed E-state index contributed by atoms with van der Waals surface area (Å²) < 4.78 is 67.6. The van der Waals surface area contributed by atoms with Crippen molar-refractivity contribution in [1.29, 1.82) is 0 Å². The SMILES string of the molecule is OS([OH2+])(c1ccc(OC(F)(F)F)cc1)N1CCC(=C(CNCc2cccnc2)C2CO2)CC1. The van der Waals surface area contributed by atoms with Crippen LogP contribution in [0, 0.1) is 0 Å². The molecule has 11 heteroatoms. The zero-order chi connectivity index (χ0) is 23.5. The summed E-state index contributed by atoms with van der Waals surface area (Å²) in [5, 5.41) is 3.44. The maximum atomic E-state index is 12.4. The molecule has 0 spiro atoms. The summed E-state index contributed by atoms with van der Waals surface area (Å²) >= 11 is 0. The standard InChI is InChI=1S/C22H26F3N3O4S/c23-22(24,25)32-18-3-5-19(6-4-18)33(29,30)28-10-7-17(8-11-28)20(21-15-31-21)14-27-13-16-2-1-9-26-12-16/h1-6,9,12,21,27,29-30H,7-8,10-11,13-15H2/p+1. The van der Waals surface area contributed by atoms with E-state index in [2.05, 4.69) is 15.0 Å². The number of benzene rings is 1. The fourth-order valence-corrected chi connectivity index (χ4v) is 5.41. The van der Waals surface area contributed by atoms with Crippen molar-refractivity contribution in [2.75, 3.05) is 26.2 Å². The average Bonchev–Trinajstić information content (AvgIpc) is 3.62. The Labute approximate surface area is 191 Å². The van der Waals surface area contributed by atoms with Gasteiger partial charge >= 0.3 is 6.36 Å². The first-order chi connectivity index (χ1) is 15.7. The van der Waals surface area contributed by atoms with Crippen molar-refractivity contribution >= 4 is 10.8 Å². The monoisotopic (exact) mass is 486 g/mol. The molecule has 1 aromatic carbocycles. The van der Waals surface area contributed by atoms with Gasteiger partial charge < -0.3 is 19.3 Å². The van der Waals surface area contributed by atoms with E-state index in [1.54, 1.807) is 10.5 Å². The van der Waals surface area contributed by atoms with Gasteiger partial charge in [0.1, 0.15) is 16.7 Å². The summed E-state index contributed by atoms with van der Waals surface area (Å²) in [6.45, 7) is 3.09. The summed E-state index contributed by atoms with van der Waals surface area (Å²) in [5.74, 6) is -0.377. The van der Waals surface area contributed by atoms with Gasteiger partial charge in [-0.3, -0.25) is 4.98 Å². The largest absolute Gasteiger partial charge is 0.573 e. The van der Waals surface area contributed by atoms with Crippen molar-refractivity contribution in [3.05, 3.63) is 65.5 Å². The predicted octanol–water partition coefficient (Wildman–Crippen LogP) is 3.75. The van der Waals surface area contributed by atoms with Gasteiger partial charge in [0.05, 0.1) is 6.61 Å². The average molecular weight is 487 g/mol. The lowest BCUT2D eigenvalue weighted by Gasteiger charge is -2.41. The molecular formula is C22H27F3N3O4S+. The molecule has 2 aromatic rings. The highest BCUT2D eigenvalue weighted by Crippen LogP contribution is 2.53. The van der Waals surface area contributed by atoms with E-state index in [1.165, 1.54) is 23.3 Å². The minimum atomic E-state index is -4.78. The van der Waals surface area contributed by atoms with Crippen molar-refractivity contribution in [2.24, 2.45) is 0 Å². The number of nitrogens with one attached hydrogen (secondary N) is 1. The molecule has 2 aliphatic rings. The van der Waals surface area contributed by atoms with Crippen LogP contribution < -0.4 is 10.1 Å². The van der Waals surface area contributed by atoms with Crippen LogP contribution in [0.15, 0.2) is 64.8 Å². The maximum Gasteiger partial charge on any atom is 0.573 e. The number of halogens is 3. The molecule has 2 aliphatic heterocycles. The van der Waals surface area contributed by atoms with Crippen molar-refractivity contribution in [3.8, 4) is 5.75 Å². The molecule has 4 N–H and O–H groups in total. The van der Waals surface area contributed by atoms with Gasteiger partial charge in [-0.05, 0) is 65.1 Å². The lowest BCUT2D eigenvalue weighted by molar-refractivity contribution is -0.274. The van der Waals surface area contributed by atoms with E-state index in [4.69, 9.17) is 9.29 Å². The highest BCUT2D eigenvalue weighted by Gasteiger charge is 2.36. The number of piperidine rings is 1. The van der Waals surface area contributed by atoms with E-state index in [0.29, 0.717) is 45.6 Å². The Hall–Kier alpha value is -2.15. The highest BCUT2D eigenvalue weighted by molar-refractivity contribution is 8.22. The van der Waals surface area contributed by atoms with Gasteiger partial charge in [-0.25, -0.2) is 4.55 Å². The Bertz CT molecular complexity index is 957. The Morgan fingerprint density at radius 2 is 1.94 bits per heavy atom. The third kappa shape index (κ3) is 6.46. The number of rotatable bonds is 8. The normalized spacial score (nSPS) is 21.8. The quantitative estimate of drug-likeness (QED) is 0.335. The Balaban J connectivity index is 1.36. The number of nitrogens with zero attached hydrogens (tertiary/aromatic N) is 2. The summed E-state index contributed by atoms with van der Waals surface area (Å²) in [6, 6.07) is 8.80. The van der Waals surface area contributed by atoms with Crippen LogP contribution in [0.1, 0.15) is 18.4 Å². The number of hydrogen-bond donors (Lipinski definition) is 2. The van der Waals surface area contributed by atoms with Crippen LogP contribution >= 0.6 is 10.8 Å². The van der Waals surface area contributed by atoms with E-state index >= 15 is 0 Å². The van der Waals surface area contributed by atoms with Crippen LogP contribution in [0.4, 0.5) is 13.2 Å². The first kappa shape index (κ1) is 24.0. The Kier molecular flexibility index (Phi) is 7.27. The molecule has 2 saturated heterocycles. The number of ether oxygens (including phenoxy) is 2. The molecule has 0 radical (unpaired) electrons. The van der Waals surface area contributed by atoms with E-state index in [9.17, 15) is 17.7 Å². The van der Waals surface area contributed by atoms with E-state index < -0.39 is 17.1 Å². The fraction of sp³-hybridized carbons (Fsp3) is 0.409. The zero-order valence-corrected chi connectivity index (χ0v) is 18.7. The number of aromatic nitrogens is 1. The van der Waals surface area contributed by atoms with Gasteiger partial charge in [0.2, 0.25) is 0 Å². The minimum Gasteiger partial charge on any atom is -0.406 e. The molecule has 0 aliphatic carbocycles. The smallest absolute Gasteiger partial charge is 0.406 e. The molecule has 7 nitrogen and oxygen atoms in total. The van der Waals surface area contributed by atoms with Crippen molar-refractivity contribution in [3.63, 3.8) is 0 Å². The molecule has 2 fully saturated rings. The predicted molar refractivity (Wildman–Crippen MR) is 119 cm³/mol.